The monoisotopic (exact) mass is 237 g/mol. The first-order chi connectivity index (χ1) is 8.15. The lowest BCUT2D eigenvalue weighted by Gasteiger charge is -2.24. The van der Waals surface area contributed by atoms with Gasteiger partial charge in [-0.05, 0) is 30.7 Å². The largest absolute Gasteiger partial charge is 0.415 e. The molecule has 0 saturated carbocycles. The fourth-order valence-corrected chi connectivity index (χ4v) is 1.66. The summed E-state index contributed by atoms with van der Waals surface area (Å²) in [4.78, 5) is 24.2. The molecule has 4 nitrogen and oxygen atoms in total. The molecule has 1 heterocycles. The van der Waals surface area contributed by atoms with Gasteiger partial charge in [-0.3, -0.25) is 4.79 Å². The Balaban J connectivity index is 1.96. The Bertz CT molecular complexity index is 430. The van der Waals surface area contributed by atoms with E-state index in [0.29, 0.717) is 19.4 Å². The maximum Gasteiger partial charge on any atom is 0.415 e. The average molecular weight is 237 g/mol. The van der Waals surface area contributed by atoms with Crippen molar-refractivity contribution in [1.29, 1.82) is 0 Å². The number of carbonyl (C=O) groups is 2. The average Bonchev–Trinajstić information content (AvgIpc) is 2.32. The Labute approximate surface area is 98.0 Å². The second-order valence-electron chi connectivity index (χ2n) is 3.89. The van der Waals surface area contributed by atoms with E-state index in [1.165, 1.54) is 29.2 Å². The van der Waals surface area contributed by atoms with Crippen LogP contribution in [-0.2, 0) is 4.79 Å². The SMILES string of the molecule is O=C1CCCN(C(=O)Oc2ccc(F)cc2)C1. The van der Waals surface area contributed by atoms with E-state index in [9.17, 15) is 14.0 Å². The Morgan fingerprint density at radius 2 is 2.00 bits per heavy atom. The number of likely N-dealkylation sites (tertiary alicyclic amines) is 1. The number of benzene rings is 1. The van der Waals surface area contributed by atoms with Gasteiger partial charge in [0.2, 0.25) is 0 Å². The Morgan fingerprint density at radius 3 is 2.65 bits per heavy atom. The Hall–Kier alpha value is -1.91. The maximum atomic E-state index is 12.6. The third-order valence-corrected chi connectivity index (χ3v) is 2.53. The van der Waals surface area contributed by atoms with Crippen LogP contribution in [0.5, 0.6) is 5.75 Å². The van der Waals surface area contributed by atoms with Crippen LogP contribution in [0.25, 0.3) is 0 Å². The number of nitrogens with zero attached hydrogens (tertiary/aromatic N) is 1. The van der Waals surface area contributed by atoms with Crippen molar-refractivity contribution in [3.05, 3.63) is 30.1 Å². The number of Topliss-reactive ketones (excluding diaryl/α,β-unsaturated/α-hetero) is 1. The molecule has 90 valence electrons. The summed E-state index contributed by atoms with van der Waals surface area (Å²) in [5.41, 5.74) is 0. The number of amides is 1. The minimum atomic E-state index is -0.565. The standard InChI is InChI=1S/C12H12FNO3/c13-9-3-5-11(6-4-9)17-12(16)14-7-1-2-10(15)8-14/h3-6H,1-2,7-8H2. The molecule has 17 heavy (non-hydrogen) atoms. The third kappa shape index (κ3) is 3.03. The van der Waals surface area contributed by atoms with Gasteiger partial charge in [-0.1, -0.05) is 0 Å². The van der Waals surface area contributed by atoms with Gasteiger partial charge in [0, 0.05) is 13.0 Å². The van der Waals surface area contributed by atoms with Crippen molar-refractivity contribution in [2.45, 2.75) is 12.8 Å². The highest BCUT2D eigenvalue weighted by molar-refractivity contribution is 5.85. The van der Waals surface area contributed by atoms with Crippen LogP contribution in [0.4, 0.5) is 9.18 Å². The summed E-state index contributed by atoms with van der Waals surface area (Å²) >= 11 is 0. The molecule has 1 saturated heterocycles. The van der Waals surface area contributed by atoms with Crippen LogP contribution >= 0.6 is 0 Å². The van der Waals surface area contributed by atoms with E-state index >= 15 is 0 Å². The first-order valence-electron chi connectivity index (χ1n) is 5.39. The smallest absolute Gasteiger partial charge is 0.410 e. The van der Waals surface area contributed by atoms with Gasteiger partial charge >= 0.3 is 6.09 Å². The number of ketones is 1. The Morgan fingerprint density at radius 1 is 1.29 bits per heavy atom. The van der Waals surface area contributed by atoms with Gasteiger partial charge in [-0.2, -0.15) is 0 Å². The van der Waals surface area contributed by atoms with E-state index in [-0.39, 0.29) is 18.1 Å². The molecule has 1 aliphatic rings. The van der Waals surface area contributed by atoms with E-state index in [4.69, 9.17) is 4.74 Å². The van der Waals surface area contributed by atoms with E-state index in [2.05, 4.69) is 0 Å². The van der Waals surface area contributed by atoms with Crippen LogP contribution in [0.1, 0.15) is 12.8 Å². The maximum absolute atomic E-state index is 12.6. The predicted octanol–water partition coefficient (Wildman–Crippen LogP) is 1.99. The van der Waals surface area contributed by atoms with E-state index < -0.39 is 11.9 Å². The van der Waals surface area contributed by atoms with Crippen molar-refractivity contribution < 1.29 is 18.7 Å². The van der Waals surface area contributed by atoms with Gasteiger partial charge < -0.3 is 9.64 Å². The van der Waals surface area contributed by atoms with Gasteiger partial charge in [0.25, 0.3) is 0 Å². The fourth-order valence-electron chi connectivity index (χ4n) is 1.66. The number of rotatable bonds is 1. The predicted molar refractivity (Wildman–Crippen MR) is 58.2 cm³/mol. The van der Waals surface area contributed by atoms with E-state index in [1.807, 2.05) is 0 Å². The van der Waals surface area contributed by atoms with Crippen molar-refractivity contribution in [3.63, 3.8) is 0 Å². The summed E-state index contributed by atoms with van der Waals surface area (Å²) in [6.07, 6.45) is 0.613. The lowest BCUT2D eigenvalue weighted by atomic mass is 10.1. The normalized spacial score (nSPS) is 15.8. The first-order valence-corrected chi connectivity index (χ1v) is 5.39. The molecule has 0 radical (unpaired) electrons. The quantitative estimate of drug-likeness (QED) is 0.750. The summed E-state index contributed by atoms with van der Waals surface area (Å²) in [6.45, 7) is 0.617. The van der Waals surface area contributed by atoms with Crippen molar-refractivity contribution in [3.8, 4) is 5.75 Å². The third-order valence-electron chi connectivity index (χ3n) is 2.53. The van der Waals surface area contributed by atoms with Crippen LogP contribution < -0.4 is 4.74 Å². The molecule has 0 atom stereocenters. The Kier molecular flexibility index (Phi) is 3.37. The summed E-state index contributed by atoms with van der Waals surface area (Å²) in [6, 6.07) is 5.17. The highest BCUT2D eigenvalue weighted by Crippen LogP contribution is 2.14. The zero-order valence-corrected chi connectivity index (χ0v) is 9.19. The number of piperidine rings is 1. The van der Waals surface area contributed by atoms with Gasteiger partial charge in [-0.25, -0.2) is 9.18 Å². The van der Waals surface area contributed by atoms with Crippen LogP contribution in [-0.4, -0.2) is 29.9 Å². The van der Waals surface area contributed by atoms with Crippen LogP contribution in [0.15, 0.2) is 24.3 Å². The molecule has 1 amide bonds. The summed E-state index contributed by atoms with van der Waals surface area (Å²) in [5, 5.41) is 0. The van der Waals surface area contributed by atoms with E-state index in [0.717, 1.165) is 0 Å². The topological polar surface area (TPSA) is 46.6 Å². The highest BCUT2D eigenvalue weighted by Gasteiger charge is 2.22. The molecule has 5 heteroatoms. The van der Waals surface area contributed by atoms with Crippen LogP contribution in [0.2, 0.25) is 0 Å². The zero-order chi connectivity index (χ0) is 12.3. The lowest BCUT2D eigenvalue weighted by molar-refractivity contribution is -0.121. The molecule has 0 unspecified atom stereocenters. The fraction of sp³-hybridized carbons (Fsp3) is 0.333. The van der Waals surface area contributed by atoms with Crippen LogP contribution in [0, 0.1) is 5.82 Å². The van der Waals surface area contributed by atoms with E-state index in [1.54, 1.807) is 0 Å². The number of halogens is 1. The molecule has 1 aromatic rings. The number of ether oxygens (including phenoxy) is 1. The molecule has 0 aromatic heterocycles. The molecule has 0 N–H and O–H groups in total. The zero-order valence-electron chi connectivity index (χ0n) is 9.19. The second-order valence-corrected chi connectivity index (χ2v) is 3.89. The first kappa shape index (κ1) is 11.6. The lowest BCUT2D eigenvalue weighted by Crippen LogP contribution is -2.41. The minimum Gasteiger partial charge on any atom is -0.410 e. The van der Waals surface area contributed by atoms with Crippen LogP contribution in [0.3, 0.4) is 0 Å². The highest BCUT2D eigenvalue weighted by atomic mass is 19.1. The summed E-state index contributed by atoms with van der Waals surface area (Å²) < 4.78 is 17.7. The summed E-state index contributed by atoms with van der Waals surface area (Å²) in [5.74, 6) is -0.0836. The molecule has 2 rings (SSSR count). The van der Waals surface area contributed by atoms with Crippen molar-refractivity contribution in [1.82, 2.24) is 4.90 Å². The molecule has 1 aliphatic heterocycles. The molecule has 0 spiro atoms. The molecule has 0 bridgehead atoms. The molecular formula is C12H12FNO3. The van der Waals surface area contributed by atoms with Gasteiger partial charge in [0.05, 0.1) is 6.54 Å². The second kappa shape index (κ2) is 4.95. The molecule has 1 fully saturated rings. The molecular weight excluding hydrogens is 225 g/mol. The minimum absolute atomic E-state index is 0.0345. The number of hydrogen-bond acceptors (Lipinski definition) is 3. The molecule has 0 aliphatic carbocycles. The van der Waals surface area contributed by atoms with Gasteiger partial charge in [0.15, 0.2) is 5.78 Å². The van der Waals surface area contributed by atoms with Gasteiger partial charge in [-0.15, -0.1) is 0 Å². The van der Waals surface area contributed by atoms with Crippen molar-refractivity contribution in [2.24, 2.45) is 0 Å². The van der Waals surface area contributed by atoms with Crippen molar-refractivity contribution >= 4 is 11.9 Å². The number of carbonyl (C=O) groups excluding carboxylic acids is 2. The van der Waals surface area contributed by atoms with Crippen molar-refractivity contribution in [2.75, 3.05) is 13.1 Å². The summed E-state index contributed by atoms with van der Waals surface area (Å²) in [7, 11) is 0. The molecule has 1 aromatic carbocycles. The number of hydrogen-bond donors (Lipinski definition) is 0. The van der Waals surface area contributed by atoms with Gasteiger partial charge in [0.1, 0.15) is 11.6 Å².